The summed E-state index contributed by atoms with van der Waals surface area (Å²) in [5.41, 5.74) is 3.10. The van der Waals surface area contributed by atoms with Crippen LogP contribution >= 0.6 is 11.8 Å². The minimum atomic E-state index is 0.122. The molecule has 18 heavy (non-hydrogen) atoms. The first kappa shape index (κ1) is 12.5. The van der Waals surface area contributed by atoms with E-state index >= 15 is 0 Å². The number of thioether (sulfide) groups is 1. The molecule has 1 aliphatic heterocycles. The van der Waals surface area contributed by atoms with E-state index in [2.05, 4.69) is 29.6 Å². The van der Waals surface area contributed by atoms with Crippen molar-refractivity contribution < 1.29 is 4.74 Å². The summed E-state index contributed by atoms with van der Waals surface area (Å²) >= 11 is 2.03. The quantitative estimate of drug-likeness (QED) is 0.902. The van der Waals surface area contributed by atoms with Crippen LogP contribution in [0.3, 0.4) is 0 Å². The van der Waals surface area contributed by atoms with Gasteiger partial charge in [-0.15, -0.1) is 0 Å². The second kappa shape index (κ2) is 5.24. The molecule has 1 aromatic carbocycles. The number of hydrogen-bond acceptors (Lipinski definition) is 3. The van der Waals surface area contributed by atoms with Gasteiger partial charge in [-0.05, 0) is 30.4 Å². The molecule has 0 spiro atoms. The first-order valence-electron chi connectivity index (χ1n) is 6.77. The van der Waals surface area contributed by atoms with E-state index in [1.54, 1.807) is 0 Å². The molecule has 3 rings (SSSR count). The Labute approximate surface area is 113 Å². The van der Waals surface area contributed by atoms with Crippen molar-refractivity contribution in [1.29, 1.82) is 0 Å². The van der Waals surface area contributed by atoms with Gasteiger partial charge in [0.05, 0.1) is 5.60 Å². The maximum Gasteiger partial charge on any atom is 0.0802 e. The van der Waals surface area contributed by atoms with E-state index in [0.717, 1.165) is 12.3 Å². The minimum absolute atomic E-state index is 0.122. The van der Waals surface area contributed by atoms with Crippen molar-refractivity contribution >= 4 is 11.8 Å². The zero-order valence-electron chi connectivity index (χ0n) is 10.9. The van der Waals surface area contributed by atoms with Gasteiger partial charge in [-0.25, -0.2) is 0 Å². The Morgan fingerprint density at radius 2 is 2.22 bits per heavy atom. The van der Waals surface area contributed by atoms with Crippen LogP contribution in [0, 0.1) is 0 Å². The average Bonchev–Trinajstić information content (AvgIpc) is 2.38. The molecule has 0 aromatic heterocycles. The van der Waals surface area contributed by atoms with E-state index in [0.29, 0.717) is 6.04 Å². The second-order valence-electron chi connectivity index (χ2n) is 5.39. The fraction of sp³-hybridized carbons (Fsp3) is 0.600. The average molecular weight is 263 g/mol. The molecule has 1 aromatic rings. The summed E-state index contributed by atoms with van der Waals surface area (Å²) in [6.07, 6.45) is 3.72. The van der Waals surface area contributed by atoms with Gasteiger partial charge >= 0.3 is 0 Å². The van der Waals surface area contributed by atoms with E-state index in [-0.39, 0.29) is 5.60 Å². The second-order valence-corrected chi connectivity index (χ2v) is 6.42. The highest BCUT2D eigenvalue weighted by Crippen LogP contribution is 2.36. The van der Waals surface area contributed by atoms with E-state index in [4.69, 9.17) is 4.74 Å². The lowest BCUT2D eigenvalue weighted by Crippen LogP contribution is -2.49. The van der Waals surface area contributed by atoms with Gasteiger partial charge in [0, 0.05) is 31.2 Å². The molecule has 1 fully saturated rings. The van der Waals surface area contributed by atoms with Crippen LogP contribution in [0.25, 0.3) is 0 Å². The molecular weight excluding hydrogens is 242 g/mol. The summed E-state index contributed by atoms with van der Waals surface area (Å²) in [5.74, 6) is 2.33. The molecule has 0 saturated heterocycles. The van der Waals surface area contributed by atoms with Crippen molar-refractivity contribution in [3.05, 3.63) is 35.4 Å². The summed E-state index contributed by atoms with van der Waals surface area (Å²) in [7, 11) is 1.85. The Morgan fingerprint density at radius 3 is 2.94 bits per heavy atom. The van der Waals surface area contributed by atoms with Crippen molar-refractivity contribution in [2.24, 2.45) is 0 Å². The van der Waals surface area contributed by atoms with Crippen LogP contribution in [-0.4, -0.2) is 25.0 Å². The van der Waals surface area contributed by atoms with Crippen LogP contribution in [-0.2, 0) is 10.5 Å². The number of fused-ring (bicyclic) bond motifs is 1. The summed E-state index contributed by atoms with van der Waals surface area (Å²) in [6, 6.07) is 9.31. The highest BCUT2D eigenvalue weighted by molar-refractivity contribution is 7.98. The Morgan fingerprint density at radius 1 is 1.39 bits per heavy atom. The lowest BCUT2D eigenvalue weighted by molar-refractivity contribution is -0.0706. The predicted molar refractivity (Wildman–Crippen MR) is 76.9 cm³/mol. The number of ether oxygens (including phenoxy) is 1. The van der Waals surface area contributed by atoms with Gasteiger partial charge < -0.3 is 10.1 Å². The lowest BCUT2D eigenvalue weighted by atomic mass is 9.79. The van der Waals surface area contributed by atoms with Crippen molar-refractivity contribution in [1.82, 2.24) is 5.32 Å². The Hall–Kier alpha value is -0.510. The van der Waals surface area contributed by atoms with Crippen LogP contribution in [0.1, 0.15) is 36.4 Å². The third-order valence-electron chi connectivity index (χ3n) is 4.34. The molecule has 3 heteroatoms. The van der Waals surface area contributed by atoms with Gasteiger partial charge in [0.1, 0.15) is 0 Å². The highest BCUT2D eigenvalue weighted by Gasteiger charge is 2.37. The molecular formula is C15H21NOS. The molecule has 2 aliphatic rings. The van der Waals surface area contributed by atoms with Crippen molar-refractivity contribution in [3.8, 4) is 0 Å². The van der Waals surface area contributed by atoms with Crippen LogP contribution in [0.5, 0.6) is 0 Å². The van der Waals surface area contributed by atoms with Gasteiger partial charge in [-0.1, -0.05) is 24.3 Å². The third kappa shape index (κ3) is 2.31. The predicted octanol–water partition coefficient (Wildman–Crippen LogP) is 3.13. The largest absolute Gasteiger partial charge is 0.377 e. The zero-order chi connectivity index (χ0) is 12.4. The highest BCUT2D eigenvalue weighted by atomic mass is 32.2. The molecule has 1 N–H and O–H groups in total. The number of nitrogens with one attached hydrogen (secondary N) is 1. The summed E-state index contributed by atoms with van der Waals surface area (Å²) < 4.78 is 5.68. The first-order valence-corrected chi connectivity index (χ1v) is 7.93. The maximum absolute atomic E-state index is 5.68. The van der Waals surface area contributed by atoms with Crippen molar-refractivity contribution in [2.45, 2.75) is 36.7 Å². The van der Waals surface area contributed by atoms with E-state index in [9.17, 15) is 0 Å². The zero-order valence-corrected chi connectivity index (χ0v) is 11.8. The van der Waals surface area contributed by atoms with Crippen molar-refractivity contribution in [2.75, 3.05) is 19.4 Å². The van der Waals surface area contributed by atoms with Crippen LogP contribution in [0.4, 0.5) is 0 Å². The maximum atomic E-state index is 5.68. The molecule has 0 radical (unpaired) electrons. The van der Waals surface area contributed by atoms with Crippen LogP contribution in [0.15, 0.2) is 24.3 Å². The standard InChI is InChI=1S/C15H21NOS/c1-17-15(7-4-8-15)11-16-14-10-18-9-12-5-2-3-6-13(12)14/h2-3,5-6,14,16H,4,7-11H2,1H3. The van der Waals surface area contributed by atoms with Crippen LogP contribution < -0.4 is 5.32 Å². The smallest absolute Gasteiger partial charge is 0.0802 e. The Kier molecular flexibility index (Phi) is 3.64. The third-order valence-corrected chi connectivity index (χ3v) is 5.43. The molecule has 0 bridgehead atoms. The van der Waals surface area contributed by atoms with Crippen molar-refractivity contribution in [3.63, 3.8) is 0 Å². The summed E-state index contributed by atoms with van der Waals surface area (Å²) in [6.45, 7) is 0.989. The molecule has 1 heterocycles. The molecule has 0 amide bonds. The van der Waals surface area contributed by atoms with Gasteiger partial charge in [0.2, 0.25) is 0 Å². The molecule has 1 aliphatic carbocycles. The minimum Gasteiger partial charge on any atom is -0.377 e. The number of methoxy groups -OCH3 is 1. The fourth-order valence-corrected chi connectivity index (χ4v) is 4.02. The first-order chi connectivity index (χ1) is 8.83. The van der Waals surface area contributed by atoms with Gasteiger partial charge in [-0.2, -0.15) is 11.8 Å². The summed E-state index contributed by atoms with van der Waals surface area (Å²) in [4.78, 5) is 0. The summed E-state index contributed by atoms with van der Waals surface area (Å²) in [5, 5.41) is 3.73. The number of hydrogen-bond donors (Lipinski definition) is 1. The van der Waals surface area contributed by atoms with Gasteiger partial charge in [0.25, 0.3) is 0 Å². The molecule has 1 unspecified atom stereocenters. The monoisotopic (exact) mass is 263 g/mol. The normalized spacial score (nSPS) is 25.3. The van der Waals surface area contributed by atoms with E-state index in [1.807, 2.05) is 18.9 Å². The van der Waals surface area contributed by atoms with Gasteiger partial charge in [-0.3, -0.25) is 0 Å². The van der Waals surface area contributed by atoms with Crippen LogP contribution in [0.2, 0.25) is 0 Å². The Balaban J connectivity index is 1.67. The van der Waals surface area contributed by atoms with E-state index < -0.39 is 0 Å². The SMILES string of the molecule is COC1(CNC2CSCc3ccccc32)CCC1. The number of benzene rings is 1. The lowest BCUT2D eigenvalue weighted by Gasteiger charge is -2.42. The molecule has 98 valence electrons. The Bertz CT molecular complexity index is 411. The topological polar surface area (TPSA) is 21.3 Å². The molecule has 1 atom stereocenters. The molecule has 2 nitrogen and oxygen atoms in total. The molecule has 1 saturated carbocycles. The van der Waals surface area contributed by atoms with Gasteiger partial charge in [0.15, 0.2) is 0 Å². The fourth-order valence-electron chi connectivity index (χ4n) is 2.88. The van der Waals surface area contributed by atoms with E-state index in [1.165, 1.54) is 36.1 Å². The number of rotatable bonds is 4.